The molecule has 0 saturated carbocycles. The molecule has 0 aliphatic carbocycles. The van der Waals surface area contributed by atoms with Crippen molar-refractivity contribution < 1.29 is 9.84 Å². The summed E-state index contributed by atoms with van der Waals surface area (Å²) in [6.45, 7) is 0.298. The lowest BCUT2D eigenvalue weighted by Crippen LogP contribution is -1.97. The zero-order valence-corrected chi connectivity index (χ0v) is 9.52. The van der Waals surface area contributed by atoms with Gasteiger partial charge in [0.15, 0.2) is 11.5 Å². The Hall–Kier alpha value is -2.56. The van der Waals surface area contributed by atoms with E-state index in [0.29, 0.717) is 18.2 Å². The van der Waals surface area contributed by atoms with Gasteiger partial charge in [-0.25, -0.2) is 9.50 Å². The quantitative estimate of drug-likeness (QED) is 0.762. The lowest BCUT2D eigenvalue weighted by molar-refractivity contribution is 0.295. The third-order valence-corrected chi connectivity index (χ3v) is 2.49. The first-order valence-corrected chi connectivity index (χ1v) is 5.53. The fraction of sp³-hybridized carbons (Fsp3) is 0.0769. The van der Waals surface area contributed by atoms with Gasteiger partial charge in [0.05, 0.1) is 0 Å². The normalized spacial score (nSPS) is 10.7. The topological polar surface area (TPSA) is 59.7 Å². The van der Waals surface area contributed by atoms with Crippen LogP contribution >= 0.6 is 0 Å². The third kappa shape index (κ3) is 2.10. The second-order valence-electron chi connectivity index (χ2n) is 3.81. The Morgan fingerprint density at radius 3 is 2.72 bits per heavy atom. The van der Waals surface area contributed by atoms with Crippen LogP contribution in [-0.2, 0) is 6.61 Å². The summed E-state index contributed by atoms with van der Waals surface area (Å²) in [6, 6.07) is 12.2. The fourth-order valence-electron chi connectivity index (χ4n) is 1.63. The van der Waals surface area contributed by atoms with Gasteiger partial charge >= 0.3 is 0 Å². The van der Waals surface area contributed by atoms with Crippen molar-refractivity contribution in [2.75, 3.05) is 0 Å². The maximum absolute atomic E-state index is 9.15. The molecule has 1 N–H and O–H groups in total. The fourth-order valence-corrected chi connectivity index (χ4v) is 1.63. The summed E-state index contributed by atoms with van der Waals surface area (Å²) < 4.78 is 7.23. The molecule has 0 aliphatic rings. The van der Waals surface area contributed by atoms with E-state index in [1.165, 1.54) is 0 Å². The van der Waals surface area contributed by atoms with E-state index in [1.807, 2.05) is 24.4 Å². The molecule has 2 heterocycles. The van der Waals surface area contributed by atoms with Crippen molar-refractivity contribution in [3.8, 4) is 11.5 Å². The summed E-state index contributed by atoms with van der Waals surface area (Å²) in [5.74, 6) is 1.51. The first-order valence-electron chi connectivity index (χ1n) is 5.53. The lowest BCUT2D eigenvalue weighted by Gasteiger charge is -2.02. The summed E-state index contributed by atoms with van der Waals surface area (Å²) >= 11 is 0. The smallest absolute Gasteiger partial charge is 0.189 e. The first kappa shape index (κ1) is 10.6. The second kappa shape index (κ2) is 4.37. The highest BCUT2D eigenvalue weighted by Crippen LogP contribution is 2.16. The Morgan fingerprint density at radius 1 is 1.11 bits per heavy atom. The highest BCUT2D eigenvalue weighted by molar-refractivity contribution is 5.36. The first-order chi connectivity index (χ1) is 8.81. The van der Waals surface area contributed by atoms with Crippen LogP contribution in [0.3, 0.4) is 0 Å². The van der Waals surface area contributed by atoms with Gasteiger partial charge in [-0.1, -0.05) is 6.07 Å². The Balaban J connectivity index is 1.74. The molecule has 1 aromatic carbocycles. The summed E-state index contributed by atoms with van der Waals surface area (Å²) in [6.07, 6.45) is 1.84. The molecule has 0 bridgehead atoms. The number of hydrogen-bond donors (Lipinski definition) is 1. The van der Waals surface area contributed by atoms with Crippen LogP contribution in [0.4, 0.5) is 0 Å². The van der Waals surface area contributed by atoms with E-state index in [0.717, 1.165) is 5.65 Å². The van der Waals surface area contributed by atoms with E-state index < -0.39 is 0 Å². The van der Waals surface area contributed by atoms with E-state index >= 15 is 0 Å². The number of aromatic hydroxyl groups is 1. The molecule has 0 radical (unpaired) electrons. The minimum Gasteiger partial charge on any atom is -0.508 e. The molecule has 5 nitrogen and oxygen atoms in total. The molecular formula is C13H11N3O2. The summed E-state index contributed by atoms with van der Waals surface area (Å²) in [4.78, 5) is 4.32. The molecule has 0 atom stereocenters. The van der Waals surface area contributed by atoms with Crippen LogP contribution in [-0.4, -0.2) is 19.7 Å². The number of hydrogen-bond acceptors (Lipinski definition) is 4. The van der Waals surface area contributed by atoms with Crippen molar-refractivity contribution in [3.63, 3.8) is 0 Å². The van der Waals surface area contributed by atoms with Crippen molar-refractivity contribution in [3.05, 3.63) is 54.5 Å². The second-order valence-corrected chi connectivity index (χ2v) is 3.81. The number of phenolic OH excluding ortho intramolecular Hbond substituents is 1. The maximum atomic E-state index is 9.15. The van der Waals surface area contributed by atoms with E-state index in [2.05, 4.69) is 10.1 Å². The number of pyridine rings is 1. The van der Waals surface area contributed by atoms with Gasteiger partial charge in [-0.2, -0.15) is 0 Å². The maximum Gasteiger partial charge on any atom is 0.189 e. The molecule has 0 unspecified atom stereocenters. The van der Waals surface area contributed by atoms with Gasteiger partial charge in [-0.3, -0.25) is 0 Å². The van der Waals surface area contributed by atoms with Crippen LogP contribution in [0.25, 0.3) is 5.65 Å². The van der Waals surface area contributed by atoms with Gasteiger partial charge < -0.3 is 9.84 Å². The predicted molar refractivity (Wildman–Crippen MR) is 65.4 cm³/mol. The number of rotatable bonds is 3. The van der Waals surface area contributed by atoms with Gasteiger partial charge in [0.1, 0.15) is 18.1 Å². The van der Waals surface area contributed by atoms with Crippen LogP contribution in [0.5, 0.6) is 11.5 Å². The van der Waals surface area contributed by atoms with Crippen LogP contribution in [0.2, 0.25) is 0 Å². The molecular weight excluding hydrogens is 230 g/mol. The summed E-state index contributed by atoms with van der Waals surface area (Å²) in [5, 5.41) is 13.4. The Kier molecular flexibility index (Phi) is 2.57. The number of benzene rings is 1. The Labute approximate surface area is 103 Å². The molecule has 3 aromatic rings. The van der Waals surface area contributed by atoms with E-state index in [4.69, 9.17) is 9.84 Å². The van der Waals surface area contributed by atoms with Crippen molar-refractivity contribution in [2.24, 2.45) is 0 Å². The Bertz CT molecular complexity index is 628. The third-order valence-electron chi connectivity index (χ3n) is 2.49. The standard InChI is InChI=1S/C13H11N3O2/c17-10-4-6-11(7-5-10)18-9-12-14-13-3-1-2-8-16(13)15-12/h1-8,17H,9H2. The molecule has 0 fully saturated rings. The summed E-state index contributed by atoms with van der Waals surface area (Å²) in [5.41, 5.74) is 0.793. The van der Waals surface area contributed by atoms with Gasteiger partial charge in [0.2, 0.25) is 0 Å². The van der Waals surface area contributed by atoms with Crippen molar-refractivity contribution in [1.82, 2.24) is 14.6 Å². The number of ether oxygens (including phenoxy) is 1. The number of aromatic nitrogens is 3. The molecule has 18 heavy (non-hydrogen) atoms. The molecule has 90 valence electrons. The molecule has 3 rings (SSSR count). The SMILES string of the molecule is Oc1ccc(OCc2nc3ccccn3n2)cc1. The molecule has 5 heteroatoms. The van der Waals surface area contributed by atoms with E-state index in [1.54, 1.807) is 28.8 Å². The van der Waals surface area contributed by atoms with Crippen molar-refractivity contribution >= 4 is 5.65 Å². The predicted octanol–water partition coefficient (Wildman–Crippen LogP) is 2.01. The summed E-state index contributed by atoms with van der Waals surface area (Å²) in [7, 11) is 0. The van der Waals surface area contributed by atoms with Crippen LogP contribution < -0.4 is 4.74 Å². The average molecular weight is 241 g/mol. The number of phenols is 1. The zero-order chi connectivity index (χ0) is 12.4. The molecule has 0 amide bonds. The Morgan fingerprint density at radius 2 is 1.94 bits per heavy atom. The van der Waals surface area contributed by atoms with Crippen molar-refractivity contribution in [1.29, 1.82) is 0 Å². The highest BCUT2D eigenvalue weighted by Gasteiger charge is 2.03. The molecule has 0 saturated heterocycles. The number of nitrogens with zero attached hydrogens (tertiary/aromatic N) is 3. The van der Waals surface area contributed by atoms with Crippen LogP contribution in [0, 0.1) is 0 Å². The largest absolute Gasteiger partial charge is 0.508 e. The monoisotopic (exact) mass is 241 g/mol. The highest BCUT2D eigenvalue weighted by atomic mass is 16.5. The minimum atomic E-state index is 0.216. The van der Waals surface area contributed by atoms with Gasteiger partial charge in [-0.15, -0.1) is 5.10 Å². The van der Waals surface area contributed by atoms with Crippen LogP contribution in [0.1, 0.15) is 5.82 Å². The van der Waals surface area contributed by atoms with Gasteiger partial charge in [0, 0.05) is 6.20 Å². The minimum absolute atomic E-state index is 0.216. The number of fused-ring (bicyclic) bond motifs is 1. The van der Waals surface area contributed by atoms with Gasteiger partial charge in [0.25, 0.3) is 0 Å². The lowest BCUT2D eigenvalue weighted by atomic mass is 10.3. The van der Waals surface area contributed by atoms with E-state index in [-0.39, 0.29) is 5.75 Å². The molecule has 0 aliphatic heterocycles. The average Bonchev–Trinajstić information content (AvgIpc) is 2.81. The zero-order valence-electron chi connectivity index (χ0n) is 9.52. The van der Waals surface area contributed by atoms with Crippen molar-refractivity contribution in [2.45, 2.75) is 6.61 Å². The molecule has 0 spiro atoms. The van der Waals surface area contributed by atoms with Crippen LogP contribution in [0.15, 0.2) is 48.7 Å². The van der Waals surface area contributed by atoms with Gasteiger partial charge in [-0.05, 0) is 36.4 Å². The van der Waals surface area contributed by atoms with E-state index in [9.17, 15) is 0 Å². The molecule has 2 aromatic heterocycles.